The number of alkyl halides is 3. The van der Waals surface area contributed by atoms with E-state index < -0.39 is 23.6 Å². The van der Waals surface area contributed by atoms with Crippen LogP contribution in [0.4, 0.5) is 13.2 Å². The van der Waals surface area contributed by atoms with Crippen LogP contribution >= 0.6 is 15.9 Å². The molecule has 0 aliphatic carbocycles. The molecule has 2 rings (SSSR count). The van der Waals surface area contributed by atoms with Gasteiger partial charge in [0.15, 0.2) is 0 Å². The lowest BCUT2D eigenvalue weighted by molar-refractivity contribution is -0.141. The molecule has 0 unspecified atom stereocenters. The van der Waals surface area contributed by atoms with Gasteiger partial charge in [-0.1, -0.05) is 0 Å². The minimum Gasteiger partial charge on any atom is -0.267 e. The molecule has 22 heavy (non-hydrogen) atoms. The number of amides is 2. The minimum atomic E-state index is -4.50. The first-order valence-corrected chi connectivity index (χ1v) is 6.94. The monoisotopic (exact) mass is 377 g/mol. The van der Waals surface area contributed by atoms with Gasteiger partial charge in [0.05, 0.1) is 17.8 Å². The fraction of sp³-hybridized carbons (Fsp3) is 0.308. The number of pyridine rings is 1. The summed E-state index contributed by atoms with van der Waals surface area (Å²) in [5.74, 6) is -0.957. The van der Waals surface area contributed by atoms with Crippen LogP contribution in [0.25, 0.3) is 0 Å². The Bertz CT molecular complexity index is 662. The molecule has 0 fully saturated rings. The summed E-state index contributed by atoms with van der Waals surface area (Å²) in [6.45, 7) is 3.00. The van der Waals surface area contributed by atoms with Crippen molar-refractivity contribution in [2.75, 3.05) is 0 Å². The maximum atomic E-state index is 12.6. The normalized spacial score (nSPS) is 16.0. The smallest absolute Gasteiger partial charge is 0.267 e. The van der Waals surface area contributed by atoms with Crippen molar-refractivity contribution in [3.8, 4) is 0 Å². The van der Waals surface area contributed by atoms with Crippen LogP contribution in [-0.2, 0) is 22.3 Å². The average molecular weight is 378 g/mol. The molecule has 5 nitrogen and oxygen atoms in total. The topological polar surface area (TPSA) is 62.3 Å². The first-order chi connectivity index (χ1) is 10.1. The van der Waals surface area contributed by atoms with Gasteiger partial charge in [0.1, 0.15) is 4.60 Å². The quantitative estimate of drug-likeness (QED) is 0.649. The van der Waals surface area contributed by atoms with Gasteiger partial charge in [0.25, 0.3) is 11.8 Å². The van der Waals surface area contributed by atoms with E-state index in [9.17, 15) is 22.8 Å². The van der Waals surface area contributed by atoms with Gasteiger partial charge in [-0.2, -0.15) is 13.2 Å². The maximum Gasteiger partial charge on any atom is 0.419 e. The Morgan fingerprint density at radius 2 is 1.73 bits per heavy atom. The van der Waals surface area contributed by atoms with Gasteiger partial charge in [-0.3, -0.25) is 9.59 Å². The Morgan fingerprint density at radius 3 is 2.18 bits per heavy atom. The third-order valence-corrected chi connectivity index (χ3v) is 3.84. The van der Waals surface area contributed by atoms with Crippen LogP contribution in [-0.4, -0.2) is 21.8 Å². The van der Waals surface area contributed by atoms with Crippen LogP contribution in [0, 0.1) is 0 Å². The fourth-order valence-corrected chi connectivity index (χ4v) is 2.42. The van der Waals surface area contributed by atoms with Crippen molar-refractivity contribution in [1.29, 1.82) is 0 Å². The SMILES string of the molecule is CC1=C(C)C(=O)N(NCc2ccc(C(F)(F)F)c(Br)n2)C1=O. The lowest BCUT2D eigenvalue weighted by atomic mass is 10.2. The van der Waals surface area contributed by atoms with Crippen LogP contribution in [0.2, 0.25) is 0 Å². The zero-order valence-electron chi connectivity index (χ0n) is 11.6. The van der Waals surface area contributed by atoms with Crippen LogP contribution in [0.15, 0.2) is 27.9 Å². The molecule has 1 aromatic heterocycles. The predicted octanol–water partition coefficient (Wildman–Crippen LogP) is 2.57. The number of carbonyl (C=O) groups excluding carboxylic acids is 2. The molecule has 2 amide bonds. The second kappa shape index (κ2) is 5.81. The Kier molecular flexibility index (Phi) is 4.39. The number of aromatic nitrogens is 1. The molecule has 2 heterocycles. The van der Waals surface area contributed by atoms with Crippen molar-refractivity contribution in [2.24, 2.45) is 0 Å². The lowest BCUT2D eigenvalue weighted by Gasteiger charge is -2.16. The summed E-state index contributed by atoms with van der Waals surface area (Å²) in [6, 6.07) is 2.06. The van der Waals surface area contributed by atoms with Crippen molar-refractivity contribution in [3.05, 3.63) is 39.1 Å². The molecular formula is C13H11BrF3N3O2. The van der Waals surface area contributed by atoms with Gasteiger partial charge in [-0.15, -0.1) is 0 Å². The largest absolute Gasteiger partial charge is 0.419 e. The van der Waals surface area contributed by atoms with Crippen molar-refractivity contribution in [3.63, 3.8) is 0 Å². The van der Waals surface area contributed by atoms with E-state index >= 15 is 0 Å². The summed E-state index contributed by atoms with van der Waals surface area (Å²) >= 11 is 2.76. The van der Waals surface area contributed by atoms with Crippen molar-refractivity contribution in [2.45, 2.75) is 26.6 Å². The highest BCUT2D eigenvalue weighted by Crippen LogP contribution is 2.33. The van der Waals surface area contributed by atoms with Gasteiger partial charge in [0.2, 0.25) is 0 Å². The first kappa shape index (κ1) is 16.6. The Labute approximate surface area is 132 Å². The number of carbonyl (C=O) groups is 2. The second-order valence-electron chi connectivity index (χ2n) is 4.67. The molecule has 1 N–H and O–H groups in total. The number of hydrazine groups is 1. The summed E-state index contributed by atoms with van der Waals surface area (Å²) < 4.78 is 37.5. The molecule has 0 bridgehead atoms. The Balaban J connectivity index is 2.09. The minimum absolute atomic E-state index is 0.0607. The van der Waals surface area contributed by atoms with Gasteiger partial charge in [-0.05, 0) is 41.9 Å². The molecule has 0 aromatic carbocycles. The summed E-state index contributed by atoms with van der Waals surface area (Å²) in [6.07, 6.45) is -4.50. The van der Waals surface area contributed by atoms with Crippen LogP contribution in [0.3, 0.4) is 0 Å². The van der Waals surface area contributed by atoms with Crippen LogP contribution in [0.1, 0.15) is 25.1 Å². The van der Waals surface area contributed by atoms with E-state index in [-0.39, 0.29) is 16.8 Å². The van der Waals surface area contributed by atoms with E-state index in [1.54, 1.807) is 0 Å². The number of hydrogen-bond acceptors (Lipinski definition) is 4. The maximum absolute atomic E-state index is 12.6. The lowest BCUT2D eigenvalue weighted by Crippen LogP contribution is -2.43. The van der Waals surface area contributed by atoms with E-state index in [0.29, 0.717) is 11.1 Å². The summed E-state index contributed by atoms with van der Waals surface area (Å²) in [5, 5.41) is 0.831. The highest BCUT2D eigenvalue weighted by Gasteiger charge is 2.35. The zero-order chi connectivity index (χ0) is 16.7. The van der Waals surface area contributed by atoms with E-state index in [1.807, 2.05) is 0 Å². The molecule has 1 aliphatic heterocycles. The van der Waals surface area contributed by atoms with Crippen molar-refractivity contribution >= 4 is 27.7 Å². The molecular weight excluding hydrogens is 367 g/mol. The molecule has 0 radical (unpaired) electrons. The molecule has 0 saturated heterocycles. The molecule has 9 heteroatoms. The molecule has 0 saturated carbocycles. The van der Waals surface area contributed by atoms with E-state index in [0.717, 1.165) is 11.1 Å². The van der Waals surface area contributed by atoms with Gasteiger partial charge in [0, 0.05) is 11.1 Å². The van der Waals surface area contributed by atoms with E-state index in [1.165, 1.54) is 19.9 Å². The molecule has 0 spiro atoms. The van der Waals surface area contributed by atoms with Crippen LogP contribution < -0.4 is 5.43 Å². The Morgan fingerprint density at radius 1 is 1.18 bits per heavy atom. The fourth-order valence-electron chi connectivity index (χ4n) is 1.83. The molecule has 0 atom stereocenters. The number of hydrogen-bond donors (Lipinski definition) is 1. The summed E-state index contributed by atoms with van der Waals surface area (Å²) in [7, 11) is 0. The number of halogens is 4. The Hall–Kier alpha value is -1.74. The third-order valence-electron chi connectivity index (χ3n) is 3.24. The number of nitrogens with zero attached hydrogens (tertiary/aromatic N) is 2. The third kappa shape index (κ3) is 3.05. The van der Waals surface area contributed by atoms with Crippen molar-refractivity contribution in [1.82, 2.24) is 15.4 Å². The van der Waals surface area contributed by atoms with E-state index in [4.69, 9.17) is 0 Å². The summed E-state index contributed by atoms with van der Waals surface area (Å²) in [4.78, 5) is 27.4. The standard InChI is InChI=1S/C13H11BrF3N3O2/c1-6-7(2)12(22)20(11(6)21)18-5-8-3-4-9(10(14)19-8)13(15,16)17/h3-4,18H,5H2,1-2H3. The molecule has 1 aromatic rings. The average Bonchev–Trinajstić information content (AvgIpc) is 2.60. The summed E-state index contributed by atoms with van der Waals surface area (Å²) in [5.41, 5.74) is 2.60. The number of rotatable bonds is 3. The van der Waals surface area contributed by atoms with Crippen LogP contribution in [0.5, 0.6) is 0 Å². The number of imide groups is 1. The highest BCUT2D eigenvalue weighted by atomic mass is 79.9. The van der Waals surface area contributed by atoms with E-state index in [2.05, 4.69) is 26.3 Å². The predicted molar refractivity (Wildman–Crippen MR) is 74.0 cm³/mol. The molecule has 118 valence electrons. The second-order valence-corrected chi connectivity index (χ2v) is 5.42. The van der Waals surface area contributed by atoms with Crippen molar-refractivity contribution < 1.29 is 22.8 Å². The number of nitrogens with one attached hydrogen (secondary N) is 1. The zero-order valence-corrected chi connectivity index (χ0v) is 13.2. The molecule has 1 aliphatic rings. The van der Waals surface area contributed by atoms with Gasteiger partial charge < -0.3 is 0 Å². The van der Waals surface area contributed by atoms with Gasteiger partial charge >= 0.3 is 6.18 Å². The highest BCUT2D eigenvalue weighted by molar-refractivity contribution is 9.10. The van der Waals surface area contributed by atoms with Gasteiger partial charge in [-0.25, -0.2) is 15.4 Å². The first-order valence-electron chi connectivity index (χ1n) is 6.15.